The predicted octanol–water partition coefficient (Wildman–Crippen LogP) is 2.93. The van der Waals surface area contributed by atoms with Crippen LogP contribution in [0.4, 0.5) is 4.39 Å². The number of hydrogen-bond donors (Lipinski definition) is 1. The highest BCUT2D eigenvalue weighted by molar-refractivity contribution is 6.30. The first kappa shape index (κ1) is 19.7. The number of methoxy groups -OCH3 is 1. The molecule has 7 heteroatoms. The van der Waals surface area contributed by atoms with Crippen LogP contribution in [0.2, 0.25) is 5.02 Å². The lowest BCUT2D eigenvalue weighted by atomic mass is 10.1. The van der Waals surface area contributed by atoms with Gasteiger partial charge in [-0.2, -0.15) is 0 Å². The molecule has 0 unspecified atom stereocenters. The molecule has 2 aromatic carbocycles. The van der Waals surface area contributed by atoms with E-state index in [4.69, 9.17) is 21.1 Å². The fourth-order valence-electron chi connectivity index (χ4n) is 2.33. The quantitative estimate of drug-likeness (QED) is 0.716. The number of nitrogens with one attached hydrogen (secondary N) is 1. The smallest absolute Gasteiger partial charge is 0.310 e. The first-order valence-corrected chi connectivity index (χ1v) is 8.35. The molecule has 0 aromatic heterocycles. The van der Waals surface area contributed by atoms with Gasteiger partial charge in [0.25, 0.3) is 5.91 Å². The van der Waals surface area contributed by atoms with E-state index in [-0.39, 0.29) is 18.8 Å². The molecule has 26 heavy (non-hydrogen) atoms. The van der Waals surface area contributed by atoms with E-state index in [0.717, 1.165) is 0 Å². The Hall–Kier alpha value is -2.60. The Kier molecular flexibility index (Phi) is 7.41. The number of carbonyl (C=O) groups is 2. The molecule has 2 aromatic rings. The number of halogens is 2. The van der Waals surface area contributed by atoms with Crippen LogP contribution in [0.15, 0.2) is 42.5 Å². The highest BCUT2D eigenvalue weighted by atomic mass is 35.5. The maximum absolute atomic E-state index is 13.5. The van der Waals surface area contributed by atoms with E-state index in [0.29, 0.717) is 28.3 Å². The number of rotatable bonds is 8. The molecule has 0 fully saturated rings. The van der Waals surface area contributed by atoms with Gasteiger partial charge in [0.05, 0.1) is 13.5 Å². The van der Waals surface area contributed by atoms with E-state index in [1.807, 2.05) is 0 Å². The van der Waals surface area contributed by atoms with Gasteiger partial charge in [0.2, 0.25) is 0 Å². The van der Waals surface area contributed by atoms with E-state index < -0.39 is 18.5 Å². The topological polar surface area (TPSA) is 64.6 Å². The first-order chi connectivity index (χ1) is 12.5. The first-order valence-electron chi connectivity index (χ1n) is 7.97. The second-order valence-electron chi connectivity index (χ2n) is 5.48. The van der Waals surface area contributed by atoms with Crippen LogP contribution in [0.5, 0.6) is 5.75 Å². The van der Waals surface area contributed by atoms with Crippen molar-refractivity contribution in [2.24, 2.45) is 0 Å². The maximum Gasteiger partial charge on any atom is 0.310 e. The van der Waals surface area contributed by atoms with Crippen LogP contribution in [-0.4, -0.2) is 32.1 Å². The summed E-state index contributed by atoms with van der Waals surface area (Å²) in [5.74, 6) is -0.827. The Morgan fingerprint density at radius 3 is 2.65 bits per heavy atom. The molecule has 138 valence electrons. The van der Waals surface area contributed by atoms with Gasteiger partial charge in [-0.1, -0.05) is 29.8 Å². The maximum atomic E-state index is 13.5. The van der Waals surface area contributed by atoms with E-state index in [2.05, 4.69) is 5.32 Å². The van der Waals surface area contributed by atoms with E-state index in [1.54, 1.807) is 36.4 Å². The van der Waals surface area contributed by atoms with E-state index >= 15 is 0 Å². The average Bonchev–Trinajstić information content (AvgIpc) is 2.62. The van der Waals surface area contributed by atoms with Gasteiger partial charge in [-0.3, -0.25) is 9.59 Å². The Bertz CT molecular complexity index is 782. The van der Waals surface area contributed by atoms with Crippen molar-refractivity contribution in [2.45, 2.75) is 12.8 Å². The summed E-state index contributed by atoms with van der Waals surface area (Å²) in [5.41, 5.74) is 1.09. The van der Waals surface area contributed by atoms with Crippen molar-refractivity contribution in [3.8, 4) is 5.75 Å². The summed E-state index contributed by atoms with van der Waals surface area (Å²) in [5, 5.41) is 3.05. The summed E-state index contributed by atoms with van der Waals surface area (Å²) in [7, 11) is 1.49. The van der Waals surface area contributed by atoms with Crippen molar-refractivity contribution < 1.29 is 23.5 Å². The van der Waals surface area contributed by atoms with Crippen molar-refractivity contribution in [1.82, 2.24) is 5.32 Å². The number of benzene rings is 2. The fraction of sp³-hybridized carbons (Fsp3) is 0.263. The van der Waals surface area contributed by atoms with Crippen molar-refractivity contribution in [2.75, 3.05) is 20.3 Å². The second-order valence-corrected chi connectivity index (χ2v) is 5.92. The zero-order valence-corrected chi connectivity index (χ0v) is 15.0. The number of ether oxygens (including phenoxy) is 2. The zero-order chi connectivity index (χ0) is 18.9. The van der Waals surface area contributed by atoms with Crippen LogP contribution in [0.3, 0.4) is 0 Å². The number of hydrogen-bond acceptors (Lipinski definition) is 4. The SMILES string of the molecule is COc1ccc(Cl)cc1CC(=O)OCC(=O)NCCc1ccccc1F. The summed E-state index contributed by atoms with van der Waals surface area (Å²) in [4.78, 5) is 23.6. The van der Waals surface area contributed by atoms with Gasteiger partial charge in [-0.05, 0) is 36.2 Å². The molecule has 0 radical (unpaired) electrons. The van der Waals surface area contributed by atoms with Gasteiger partial charge in [-0.15, -0.1) is 0 Å². The van der Waals surface area contributed by atoms with Crippen molar-refractivity contribution >= 4 is 23.5 Å². The molecule has 2 rings (SSSR count). The summed E-state index contributed by atoms with van der Waals surface area (Å²) in [6.45, 7) is -0.154. The van der Waals surface area contributed by atoms with Crippen molar-refractivity contribution in [3.05, 3.63) is 64.4 Å². The molecule has 5 nitrogen and oxygen atoms in total. The third kappa shape index (κ3) is 6.04. The lowest BCUT2D eigenvalue weighted by molar-refractivity contribution is -0.147. The molecule has 1 amide bonds. The molecule has 0 spiro atoms. The number of amides is 1. The number of carbonyl (C=O) groups excluding carboxylic acids is 2. The monoisotopic (exact) mass is 379 g/mol. The van der Waals surface area contributed by atoms with Crippen molar-refractivity contribution in [1.29, 1.82) is 0 Å². The van der Waals surface area contributed by atoms with Crippen molar-refractivity contribution in [3.63, 3.8) is 0 Å². The summed E-state index contributed by atoms with van der Waals surface area (Å²) < 4.78 is 23.6. The van der Waals surface area contributed by atoms with Crippen LogP contribution in [0, 0.1) is 5.82 Å². The van der Waals surface area contributed by atoms with E-state index in [1.165, 1.54) is 13.2 Å². The summed E-state index contributed by atoms with van der Waals surface area (Å²) in [6, 6.07) is 11.3. The highest BCUT2D eigenvalue weighted by Crippen LogP contribution is 2.23. The highest BCUT2D eigenvalue weighted by Gasteiger charge is 2.12. The van der Waals surface area contributed by atoms with Crippen LogP contribution in [0.1, 0.15) is 11.1 Å². The van der Waals surface area contributed by atoms with Gasteiger partial charge >= 0.3 is 5.97 Å². The zero-order valence-electron chi connectivity index (χ0n) is 14.3. The van der Waals surface area contributed by atoms with Crippen LogP contribution < -0.4 is 10.1 Å². The molecule has 0 aliphatic carbocycles. The minimum Gasteiger partial charge on any atom is -0.496 e. The third-order valence-electron chi connectivity index (χ3n) is 3.62. The van der Waals surface area contributed by atoms with Gasteiger partial charge < -0.3 is 14.8 Å². The minimum absolute atomic E-state index is 0.0633. The van der Waals surface area contributed by atoms with Crippen LogP contribution in [-0.2, 0) is 27.2 Å². The summed E-state index contributed by atoms with van der Waals surface area (Å²) in [6.07, 6.45) is 0.290. The summed E-state index contributed by atoms with van der Waals surface area (Å²) >= 11 is 5.91. The Morgan fingerprint density at radius 1 is 1.15 bits per heavy atom. The molecule has 0 saturated heterocycles. The second kappa shape index (κ2) is 9.77. The normalized spacial score (nSPS) is 10.3. The van der Waals surface area contributed by atoms with Gasteiger partial charge in [0.15, 0.2) is 6.61 Å². The molecule has 0 bridgehead atoms. The molecular weight excluding hydrogens is 361 g/mol. The molecule has 0 atom stereocenters. The molecule has 0 saturated carbocycles. The Labute approximate surface area is 156 Å². The Balaban J connectivity index is 1.74. The predicted molar refractivity (Wildman–Crippen MR) is 95.8 cm³/mol. The number of esters is 1. The van der Waals surface area contributed by atoms with Crippen LogP contribution in [0.25, 0.3) is 0 Å². The molecule has 0 heterocycles. The molecule has 0 aliphatic rings. The lowest BCUT2D eigenvalue weighted by Crippen LogP contribution is -2.30. The van der Waals surface area contributed by atoms with Crippen LogP contribution >= 0.6 is 11.6 Å². The standard InChI is InChI=1S/C19H19ClFNO4/c1-25-17-7-6-15(20)10-14(17)11-19(24)26-12-18(23)22-9-8-13-4-2-3-5-16(13)21/h2-7,10H,8-9,11-12H2,1H3,(H,22,23). The molecule has 0 aliphatic heterocycles. The third-order valence-corrected chi connectivity index (χ3v) is 3.85. The lowest BCUT2D eigenvalue weighted by Gasteiger charge is -2.10. The van der Waals surface area contributed by atoms with Gasteiger partial charge in [0.1, 0.15) is 11.6 Å². The Morgan fingerprint density at radius 2 is 1.92 bits per heavy atom. The molecular formula is C19H19ClFNO4. The minimum atomic E-state index is -0.574. The largest absolute Gasteiger partial charge is 0.496 e. The van der Waals surface area contributed by atoms with E-state index in [9.17, 15) is 14.0 Å². The van der Waals surface area contributed by atoms with Gasteiger partial charge in [0, 0.05) is 17.1 Å². The average molecular weight is 380 g/mol. The molecule has 1 N–H and O–H groups in total. The van der Waals surface area contributed by atoms with Gasteiger partial charge in [-0.25, -0.2) is 4.39 Å². The fourth-order valence-corrected chi connectivity index (χ4v) is 2.52.